The van der Waals surface area contributed by atoms with Crippen LogP contribution in [0.4, 0.5) is 0 Å². The molecular formula is C12H19N5. The van der Waals surface area contributed by atoms with E-state index in [9.17, 15) is 0 Å². The highest BCUT2D eigenvalue weighted by Crippen LogP contribution is 2.01. The monoisotopic (exact) mass is 233 g/mol. The van der Waals surface area contributed by atoms with Crippen LogP contribution in [-0.2, 0) is 26.2 Å². The summed E-state index contributed by atoms with van der Waals surface area (Å²) in [6, 6.07) is 2.14. The number of aryl methyl sites for hydroxylation is 2. The molecule has 0 bridgehead atoms. The first-order valence-corrected chi connectivity index (χ1v) is 6.05. The van der Waals surface area contributed by atoms with E-state index in [1.165, 1.54) is 5.56 Å². The first-order valence-electron chi connectivity index (χ1n) is 6.05. The van der Waals surface area contributed by atoms with Crippen LogP contribution >= 0.6 is 0 Å². The molecule has 0 fully saturated rings. The molecule has 0 amide bonds. The molecule has 0 aliphatic carbocycles. The maximum atomic E-state index is 4.08. The van der Waals surface area contributed by atoms with E-state index < -0.39 is 0 Å². The Morgan fingerprint density at radius 3 is 2.82 bits per heavy atom. The van der Waals surface area contributed by atoms with Crippen molar-refractivity contribution in [3.8, 4) is 0 Å². The van der Waals surface area contributed by atoms with Crippen LogP contribution in [-0.4, -0.2) is 19.3 Å². The largest absolute Gasteiger partial charge is 0.354 e. The molecule has 5 heteroatoms. The molecule has 1 N–H and O–H groups in total. The standard InChI is InChI=1S/C12H19N5/c1-3-16-6-5-11(9-16)7-13-8-12-15-14-10-17(12)4-2/h5-6,9-10,13H,3-4,7-8H2,1-2H3. The Morgan fingerprint density at radius 1 is 1.24 bits per heavy atom. The summed E-state index contributed by atoms with van der Waals surface area (Å²) in [4.78, 5) is 0. The quantitative estimate of drug-likeness (QED) is 0.820. The number of rotatable bonds is 6. The lowest BCUT2D eigenvalue weighted by Crippen LogP contribution is -2.16. The van der Waals surface area contributed by atoms with Crippen molar-refractivity contribution in [1.29, 1.82) is 0 Å². The van der Waals surface area contributed by atoms with Crippen LogP contribution in [0.2, 0.25) is 0 Å². The lowest BCUT2D eigenvalue weighted by molar-refractivity contribution is 0.611. The Bertz CT molecular complexity index is 457. The van der Waals surface area contributed by atoms with Gasteiger partial charge >= 0.3 is 0 Å². The molecule has 0 radical (unpaired) electrons. The summed E-state index contributed by atoms with van der Waals surface area (Å²) >= 11 is 0. The topological polar surface area (TPSA) is 47.7 Å². The van der Waals surface area contributed by atoms with Crippen molar-refractivity contribution in [2.45, 2.75) is 40.0 Å². The second kappa shape index (κ2) is 5.63. The highest BCUT2D eigenvalue weighted by atomic mass is 15.3. The Kier molecular flexibility index (Phi) is 3.93. The van der Waals surface area contributed by atoms with Crippen molar-refractivity contribution < 1.29 is 0 Å². The summed E-state index contributed by atoms with van der Waals surface area (Å²) in [6.45, 7) is 7.78. The Morgan fingerprint density at radius 2 is 2.12 bits per heavy atom. The van der Waals surface area contributed by atoms with Gasteiger partial charge in [-0.3, -0.25) is 0 Å². The van der Waals surface area contributed by atoms with Crippen molar-refractivity contribution in [2.24, 2.45) is 0 Å². The minimum atomic E-state index is 0.755. The van der Waals surface area contributed by atoms with Gasteiger partial charge in [0, 0.05) is 32.0 Å². The fraction of sp³-hybridized carbons (Fsp3) is 0.500. The van der Waals surface area contributed by atoms with E-state index in [-0.39, 0.29) is 0 Å². The Labute approximate surface area is 101 Å². The van der Waals surface area contributed by atoms with Crippen molar-refractivity contribution in [2.75, 3.05) is 0 Å². The van der Waals surface area contributed by atoms with E-state index >= 15 is 0 Å². The van der Waals surface area contributed by atoms with Gasteiger partial charge in [0.15, 0.2) is 0 Å². The van der Waals surface area contributed by atoms with Gasteiger partial charge in [0.2, 0.25) is 0 Å². The van der Waals surface area contributed by atoms with Gasteiger partial charge in [-0.15, -0.1) is 10.2 Å². The molecular weight excluding hydrogens is 214 g/mol. The number of hydrogen-bond donors (Lipinski definition) is 1. The van der Waals surface area contributed by atoms with Crippen LogP contribution in [0.5, 0.6) is 0 Å². The van der Waals surface area contributed by atoms with Crippen LogP contribution in [0.25, 0.3) is 0 Å². The van der Waals surface area contributed by atoms with Crippen LogP contribution in [0.1, 0.15) is 25.2 Å². The first kappa shape index (κ1) is 11.9. The molecule has 2 aromatic rings. The van der Waals surface area contributed by atoms with Crippen LogP contribution in [0, 0.1) is 0 Å². The second-order valence-corrected chi connectivity index (χ2v) is 3.99. The minimum Gasteiger partial charge on any atom is -0.354 e. The van der Waals surface area contributed by atoms with Crippen molar-refractivity contribution in [3.05, 3.63) is 36.2 Å². The summed E-state index contributed by atoms with van der Waals surface area (Å²) < 4.78 is 4.22. The van der Waals surface area contributed by atoms with Gasteiger partial charge in [-0.1, -0.05) is 0 Å². The van der Waals surface area contributed by atoms with Gasteiger partial charge in [-0.2, -0.15) is 0 Å². The summed E-state index contributed by atoms with van der Waals surface area (Å²) in [6.07, 6.45) is 6.04. The van der Waals surface area contributed by atoms with E-state index in [0.29, 0.717) is 0 Å². The molecule has 0 aromatic carbocycles. The van der Waals surface area contributed by atoms with Gasteiger partial charge in [-0.25, -0.2) is 0 Å². The fourth-order valence-electron chi connectivity index (χ4n) is 1.79. The van der Waals surface area contributed by atoms with E-state index in [1.807, 2.05) is 4.57 Å². The number of aromatic nitrogens is 4. The minimum absolute atomic E-state index is 0.755. The molecule has 0 saturated heterocycles. The molecule has 2 heterocycles. The maximum Gasteiger partial charge on any atom is 0.146 e. The van der Waals surface area contributed by atoms with Gasteiger partial charge in [0.05, 0.1) is 6.54 Å². The molecule has 2 aromatic heterocycles. The molecule has 5 nitrogen and oxygen atoms in total. The lowest BCUT2D eigenvalue weighted by atomic mass is 10.3. The van der Waals surface area contributed by atoms with Gasteiger partial charge in [-0.05, 0) is 25.5 Å². The molecule has 0 aliphatic rings. The number of nitrogens with zero attached hydrogens (tertiary/aromatic N) is 4. The smallest absolute Gasteiger partial charge is 0.146 e. The first-order chi connectivity index (χ1) is 8.33. The zero-order chi connectivity index (χ0) is 12.1. The fourth-order valence-corrected chi connectivity index (χ4v) is 1.79. The van der Waals surface area contributed by atoms with E-state index in [2.05, 4.69) is 52.4 Å². The van der Waals surface area contributed by atoms with Crippen molar-refractivity contribution in [1.82, 2.24) is 24.6 Å². The SMILES string of the molecule is CCn1ccc(CNCc2nncn2CC)c1. The molecule has 0 unspecified atom stereocenters. The molecule has 0 aliphatic heterocycles. The molecule has 0 atom stereocenters. The third-order valence-corrected chi connectivity index (χ3v) is 2.83. The molecule has 0 spiro atoms. The van der Waals surface area contributed by atoms with Gasteiger partial charge < -0.3 is 14.5 Å². The summed E-state index contributed by atoms with van der Waals surface area (Å²) in [5, 5.41) is 11.4. The number of nitrogens with one attached hydrogen (secondary N) is 1. The predicted molar refractivity (Wildman–Crippen MR) is 66.3 cm³/mol. The van der Waals surface area contributed by atoms with E-state index in [1.54, 1.807) is 6.33 Å². The van der Waals surface area contributed by atoms with E-state index in [4.69, 9.17) is 0 Å². The highest BCUT2D eigenvalue weighted by Gasteiger charge is 2.02. The predicted octanol–water partition coefficient (Wildman–Crippen LogP) is 1.41. The van der Waals surface area contributed by atoms with Crippen LogP contribution < -0.4 is 5.32 Å². The number of hydrogen-bond acceptors (Lipinski definition) is 3. The Hall–Kier alpha value is -1.62. The highest BCUT2D eigenvalue weighted by molar-refractivity contribution is 5.09. The van der Waals surface area contributed by atoms with Crippen LogP contribution in [0.15, 0.2) is 24.8 Å². The van der Waals surface area contributed by atoms with Gasteiger partial charge in [0.25, 0.3) is 0 Å². The molecule has 0 saturated carbocycles. The zero-order valence-corrected chi connectivity index (χ0v) is 10.4. The summed E-state index contributed by atoms with van der Waals surface area (Å²) in [7, 11) is 0. The third-order valence-electron chi connectivity index (χ3n) is 2.83. The zero-order valence-electron chi connectivity index (χ0n) is 10.4. The summed E-state index contributed by atoms with van der Waals surface area (Å²) in [5.41, 5.74) is 1.30. The van der Waals surface area contributed by atoms with Gasteiger partial charge in [0.1, 0.15) is 12.2 Å². The van der Waals surface area contributed by atoms with E-state index in [0.717, 1.165) is 32.0 Å². The van der Waals surface area contributed by atoms with Crippen molar-refractivity contribution in [3.63, 3.8) is 0 Å². The van der Waals surface area contributed by atoms with Crippen molar-refractivity contribution >= 4 is 0 Å². The Balaban J connectivity index is 1.83. The molecule has 92 valence electrons. The average Bonchev–Trinajstić information content (AvgIpc) is 2.97. The molecule has 2 rings (SSSR count). The average molecular weight is 233 g/mol. The third kappa shape index (κ3) is 2.94. The van der Waals surface area contributed by atoms with Crippen LogP contribution in [0.3, 0.4) is 0 Å². The second-order valence-electron chi connectivity index (χ2n) is 3.99. The summed E-state index contributed by atoms with van der Waals surface area (Å²) in [5.74, 6) is 0.988. The maximum absolute atomic E-state index is 4.08. The normalized spacial score (nSPS) is 10.9. The molecule has 17 heavy (non-hydrogen) atoms. The lowest BCUT2D eigenvalue weighted by Gasteiger charge is -2.04.